The average molecular weight is 415 g/mol. The molecular weight excluding hydrogens is 386 g/mol. The molecule has 2 aromatic rings. The zero-order valence-electron chi connectivity index (χ0n) is 17.1. The molecule has 0 saturated carbocycles. The summed E-state index contributed by atoms with van der Waals surface area (Å²) < 4.78 is 5.45. The summed E-state index contributed by atoms with van der Waals surface area (Å²) in [5.74, 6) is 0.849. The van der Waals surface area contributed by atoms with Crippen LogP contribution in [0, 0.1) is 5.92 Å². The van der Waals surface area contributed by atoms with Crippen molar-refractivity contribution in [3.05, 3.63) is 41.1 Å². The van der Waals surface area contributed by atoms with Gasteiger partial charge in [-0.3, -0.25) is 19.6 Å². The lowest BCUT2D eigenvalue weighted by molar-refractivity contribution is -0.138. The Morgan fingerprint density at radius 1 is 1.37 bits per heavy atom. The van der Waals surface area contributed by atoms with Crippen LogP contribution in [0.5, 0.6) is 0 Å². The molecule has 4 heterocycles. The molecule has 2 aromatic heterocycles. The second kappa shape index (κ2) is 9.44. The minimum atomic E-state index is -0.235. The molecule has 0 radical (unpaired) electrons. The average Bonchev–Trinajstić information content (AvgIpc) is 3.43. The van der Waals surface area contributed by atoms with Gasteiger partial charge in [-0.1, -0.05) is 0 Å². The number of piperidine rings is 1. The number of nitrogens with zero attached hydrogens (tertiary/aromatic N) is 3. The SMILES string of the molecule is O=C(NCCCO)c1n[nH]c2c1CCN(C(=O)C1CCCN(Cc3ccco3)C1)C2. The second-order valence-corrected chi connectivity index (χ2v) is 8.03. The standard InChI is InChI=1S/C21H29N5O4/c27-10-3-7-22-20(28)19-17-6-9-26(14-18(17)23-24-19)21(29)15-4-1-8-25(12-15)13-16-5-2-11-30-16/h2,5,11,15,27H,1,3-4,6-10,12-14H2,(H,22,28)(H,23,24). The number of carbonyl (C=O) groups excluding carboxylic acids is 2. The van der Waals surface area contributed by atoms with E-state index in [-0.39, 0.29) is 24.3 Å². The molecule has 2 aliphatic heterocycles. The molecule has 2 amide bonds. The highest BCUT2D eigenvalue weighted by Crippen LogP contribution is 2.25. The van der Waals surface area contributed by atoms with Crippen molar-refractivity contribution in [3.8, 4) is 0 Å². The van der Waals surface area contributed by atoms with E-state index in [1.807, 2.05) is 17.0 Å². The van der Waals surface area contributed by atoms with Gasteiger partial charge in [-0.25, -0.2) is 0 Å². The number of likely N-dealkylation sites (tertiary alicyclic amines) is 1. The molecule has 2 aliphatic rings. The van der Waals surface area contributed by atoms with E-state index in [1.54, 1.807) is 6.26 Å². The third kappa shape index (κ3) is 4.57. The summed E-state index contributed by atoms with van der Waals surface area (Å²) in [6, 6.07) is 3.85. The lowest BCUT2D eigenvalue weighted by Gasteiger charge is -2.35. The van der Waals surface area contributed by atoms with Crippen LogP contribution < -0.4 is 5.32 Å². The Morgan fingerprint density at radius 3 is 3.07 bits per heavy atom. The van der Waals surface area contributed by atoms with Crippen molar-refractivity contribution >= 4 is 11.8 Å². The van der Waals surface area contributed by atoms with Crippen LogP contribution in [0.1, 0.15) is 46.8 Å². The molecule has 0 spiro atoms. The van der Waals surface area contributed by atoms with Gasteiger partial charge in [0.2, 0.25) is 5.91 Å². The van der Waals surface area contributed by atoms with E-state index in [4.69, 9.17) is 9.52 Å². The van der Waals surface area contributed by atoms with E-state index in [1.165, 1.54) is 0 Å². The van der Waals surface area contributed by atoms with Gasteiger partial charge < -0.3 is 19.7 Å². The summed E-state index contributed by atoms with van der Waals surface area (Å²) in [5, 5.41) is 18.7. The second-order valence-electron chi connectivity index (χ2n) is 8.03. The molecule has 1 saturated heterocycles. The van der Waals surface area contributed by atoms with Crippen LogP contribution in [0.25, 0.3) is 0 Å². The van der Waals surface area contributed by atoms with Gasteiger partial charge in [0.05, 0.1) is 31.0 Å². The Balaban J connectivity index is 1.35. The molecule has 0 bridgehead atoms. The summed E-state index contributed by atoms with van der Waals surface area (Å²) in [6.45, 7) is 3.95. The third-order valence-electron chi connectivity index (χ3n) is 5.89. The van der Waals surface area contributed by atoms with Gasteiger partial charge in [0.1, 0.15) is 5.76 Å². The van der Waals surface area contributed by atoms with E-state index in [0.29, 0.717) is 38.2 Å². The monoisotopic (exact) mass is 415 g/mol. The van der Waals surface area contributed by atoms with Crippen molar-refractivity contribution in [2.45, 2.75) is 38.8 Å². The molecule has 1 fully saturated rings. The first-order valence-electron chi connectivity index (χ1n) is 10.6. The minimum Gasteiger partial charge on any atom is -0.468 e. The van der Waals surface area contributed by atoms with Gasteiger partial charge in [0, 0.05) is 31.8 Å². The summed E-state index contributed by atoms with van der Waals surface area (Å²) in [5.41, 5.74) is 2.13. The molecule has 1 atom stereocenters. The molecule has 4 rings (SSSR count). The molecule has 9 nitrogen and oxygen atoms in total. The van der Waals surface area contributed by atoms with E-state index >= 15 is 0 Å². The van der Waals surface area contributed by atoms with Crippen molar-refractivity contribution in [1.29, 1.82) is 0 Å². The predicted molar refractivity (Wildman–Crippen MR) is 108 cm³/mol. The van der Waals surface area contributed by atoms with Crippen molar-refractivity contribution in [2.24, 2.45) is 5.92 Å². The smallest absolute Gasteiger partial charge is 0.272 e. The molecule has 1 unspecified atom stereocenters. The molecular formula is C21H29N5O4. The van der Waals surface area contributed by atoms with Crippen LogP contribution in [-0.4, -0.2) is 69.7 Å². The van der Waals surface area contributed by atoms with Gasteiger partial charge >= 0.3 is 0 Å². The highest BCUT2D eigenvalue weighted by molar-refractivity contribution is 5.94. The van der Waals surface area contributed by atoms with Crippen molar-refractivity contribution in [3.63, 3.8) is 0 Å². The van der Waals surface area contributed by atoms with Crippen LogP contribution in [0.15, 0.2) is 22.8 Å². The Bertz CT molecular complexity index is 863. The van der Waals surface area contributed by atoms with Gasteiger partial charge in [-0.15, -0.1) is 0 Å². The molecule has 9 heteroatoms. The van der Waals surface area contributed by atoms with E-state index in [9.17, 15) is 9.59 Å². The van der Waals surface area contributed by atoms with Crippen LogP contribution in [0.2, 0.25) is 0 Å². The fraction of sp³-hybridized carbons (Fsp3) is 0.571. The maximum atomic E-state index is 13.2. The Kier molecular flexibility index (Phi) is 6.49. The predicted octanol–water partition coefficient (Wildman–Crippen LogP) is 0.912. The Hall–Kier alpha value is -2.65. The number of hydrogen-bond donors (Lipinski definition) is 3. The number of fused-ring (bicyclic) bond motifs is 1. The van der Waals surface area contributed by atoms with Crippen LogP contribution >= 0.6 is 0 Å². The van der Waals surface area contributed by atoms with Gasteiger partial charge in [-0.2, -0.15) is 5.10 Å². The molecule has 0 aliphatic carbocycles. The fourth-order valence-corrected chi connectivity index (χ4v) is 4.34. The first-order chi connectivity index (χ1) is 14.7. The van der Waals surface area contributed by atoms with E-state index < -0.39 is 0 Å². The number of rotatable bonds is 7. The van der Waals surface area contributed by atoms with Crippen molar-refractivity contribution in [2.75, 3.05) is 32.8 Å². The zero-order chi connectivity index (χ0) is 20.9. The first kappa shape index (κ1) is 20.6. The quantitative estimate of drug-likeness (QED) is 0.579. The first-order valence-corrected chi connectivity index (χ1v) is 10.6. The van der Waals surface area contributed by atoms with Crippen LogP contribution in [0.3, 0.4) is 0 Å². The largest absolute Gasteiger partial charge is 0.468 e. The number of furan rings is 1. The summed E-state index contributed by atoms with van der Waals surface area (Å²) in [7, 11) is 0. The van der Waals surface area contributed by atoms with E-state index in [0.717, 1.165) is 49.5 Å². The summed E-state index contributed by atoms with van der Waals surface area (Å²) in [4.78, 5) is 29.6. The Morgan fingerprint density at radius 2 is 2.27 bits per heavy atom. The lowest BCUT2D eigenvalue weighted by Crippen LogP contribution is -2.46. The van der Waals surface area contributed by atoms with Crippen LogP contribution in [0.4, 0.5) is 0 Å². The highest BCUT2D eigenvalue weighted by atomic mass is 16.3. The molecule has 3 N–H and O–H groups in total. The number of nitrogens with one attached hydrogen (secondary N) is 2. The normalized spacial score (nSPS) is 19.5. The third-order valence-corrected chi connectivity index (χ3v) is 5.89. The van der Waals surface area contributed by atoms with Crippen molar-refractivity contribution in [1.82, 2.24) is 25.3 Å². The number of aliphatic hydroxyl groups excluding tert-OH is 1. The number of carbonyl (C=O) groups is 2. The highest BCUT2D eigenvalue weighted by Gasteiger charge is 2.33. The summed E-state index contributed by atoms with van der Waals surface area (Å²) >= 11 is 0. The lowest BCUT2D eigenvalue weighted by atomic mass is 9.95. The Labute approximate surface area is 175 Å². The number of aliphatic hydroxyl groups is 1. The number of aromatic amines is 1. The maximum Gasteiger partial charge on any atom is 0.272 e. The molecule has 0 aromatic carbocycles. The van der Waals surface area contributed by atoms with Crippen LogP contribution in [-0.2, 0) is 24.3 Å². The van der Waals surface area contributed by atoms with E-state index in [2.05, 4.69) is 20.4 Å². The number of aromatic nitrogens is 2. The molecule has 30 heavy (non-hydrogen) atoms. The number of H-pyrrole nitrogens is 1. The topological polar surface area (TPSA) is 115 Å². The zero-order valence-corrected chi connectivity index (χ0v) is 17.1. The van der Waals surface area contributed by atoms with Gasteiger partial charge in [-0.05, 0) is 44.4 Å². The number of hydrogen-bond acceptors (Lipinski definition) is 6. The minimum absolute atomic E-state index is 0.0144. The van der Waals surface area contributed by atoms with Gasteiger partial charge in [0.25, 0.3) is 5.91 Å². The maximum absolute atomic E-state index is 13.2. The van der Waals surface area contributed by atoms with Crippen molar-refractivity contribution < 1.29 is 19.1 Å². The molecule has 162 valence electrons. The fourth-order valence-electron chi connectivity index (χ4n) is 4.34. The van der Waals surface area contributed by atoms with Gasteiger partial charge in [0.15, 0.2) is 5.69 Å². The number of amides is 2. The summed E-state index contributed by atoms with van der Waals surface area (Å²) in [6.07, 6.45) is 4.71.